The Hall–Kier alpha value is -3.03. The molecule has 0 unspecified atom stereocenters. The minimum atomic E-state index is -0.672. The fourth-order valence-electron chi connectivity index (χ4n) is 3.28. The van der Waals surface area contributed by atoms with E-state index in [4.69, 9.17) is 0 Å². The molecule has 2 rings (SSSR count). The molecule has 1 aliphatic carbocycles. The molecule has 1 N–H and O–H groups in total. The molecule has 8 heteroatoms. The molecule has 0 saturated heterocycles. The molecule has 1 aromatic rings. The van der Waals surface area contributed by atoms with Gasteiger partial charge in [0.05, 0.1) is 21.6 Å². The molecule has 0 fully saturated rings. The maximum atomic E-state index is 11.2. The van der Waals surface area contributed by atoms with Crippen LogP contribution in [0.15, 0.2) is 47.1 Å². The van der Waals surface area contributed by atoms with Crippen LogP contribution in [0.4, 0.5) is 17.1 Å². The normalized spacial score (nSPS) is 19.6. The predicted octanol–water partition coefficient (Wildman–Crippen LogP) is 5.23. The third-order valence-corrected chi connectivity index (χ3v) is 4.86. The Morgan fingerprint density at radius 1 is 1.30 bits per heavy atom. The second-order valence-corrected chi connectivity index (χ2v) is 7.39. The fourth-order valence-corrected chi connectivity index (χ4v) is 3.28. The number of non-ortho nitro benzene ring substituents is 1. The van der Waals surface area contributed by atoms with E-state index in [2.05, 4.69) is 43.5 Å². The SMILES string of the molecule is CC1=CCCC(C)(C)[C@@H]1/C=C\C(C)=N\Nc1ccc([N+](=O)[O-])cc1[N+](=O)[O-]. The van der Waals surface area contributed by atoms with Crippen LogP contribution in [0.3, 0.4) is 0 Å². The molecule has 0 spiro atoms. The second kappa shape index (κ2) is 8.11. The first kappa shape index (κ1) is 20.3. The minimum absolute atomic E-state index is 0.104. The van der Waals surface area contributed by atoms with Gasteiger partial charge in [-0.25, -0.2) is 0 Å². The molecule has 1 atom stereocenters. The number of benzene rings is 1. The van der Waals surface area contributed by atoms with Crippen molar-refractivity contribution in [1.29, 1.82) is 0 Å². The number of rotatable bonds is 6. The van der Waals surface area contributed by atoms with Crippen molar-refractivity contribution in [3.05, 3.63) is 62.2 Å². The van der Waals surface area contributed by atoms with Crippen LogP contribution in [0.25, 0.3) is 0 Å². The topological polar surface area (TPSA) is 111 Å². The number of allylic oxidation sites excluding steroid dienone is 4. The summed E-state index contributed by atoms with van der Waals surface area (Å²) >= 11 is 0. The van der Waals surface area contributed by atoms with Crippen molar-refractivity contribution in [2.75, 3.05) is 5.43 Å². The highest BCUT2D eigenvalue weighted by Crippen LogP contribution is 2.41. The summed E-state index contributed by atoms with van der Waals surface area (Å²) in [4.78, 5) is 20.6. The van der Waals surface area contributed by atoms with Crippen molar-refractivity contribution in [2.24, 2.45) is 16.4 Å². The number of nitrogens with zero attached hydrogens (tertiary/aromatic N) is 3. The lowest BCUT2D eigenvalue weighted by Gasteiger charge is -2.36. The molecule has 27 heavy (non-hydrogen) atoms. The van der Waals surface area contributed by atoms with E-state index in [1.807, 2.05) is 6.08 Å². The highest BCUT2D eigenvalue weighted by Gasteiger charge is 2.30. The Balaban J connectivity index is 2.18. The van der Waals surface area contributed by atoms with Crippen LogP contribution < -0.4 is 5.43 Å². The van der Waals surface area contributed by atoms with E-state index in [0.717, 1.165) is 18.9 Å². The van der Waals surface area contributed by atoms with E-state index in [-0.39, 0.29) is 16.8 Å². The first-order chi connectivity index (χ1) is 12.6. The van der Waals surface area contributed by atoms with Crippen LogP contribution in [0, 0.1) is 31.6 Å². The number of nitro groups is 2. The standard InChI is InChI=1S/C19H24N4O4/c1-13-6-5-11-19(3,4)16(13)9-7-14(2)20-21-17-10-8-15(22(24)25)12-18(17)23(26)27/h6-10,12,16,21H,5,11H2,1-4H3/b9-7-,20-14+/t16-/m1/s1. The highest BCUT2D eigenvalue weighted by atomic mass is 16.6. The van der Waals surface area contributed by atoms with Crippen molar-refractivity contribution in [2.45, 2.75) is 40.5 Å². The molecule has 0 bridgehead atoms. The number of hydrogen-bond acceptors (Lipinski definition) is 6. The summed E-state index contributed by atoms with van der Waals surface area (Å²) in [6.45, 7) is 8.39. The van der Waals surface area contributed by atoms with Gasteiger partial charge in [0.15, 0.2) is 0 Å². The number of nitro benzene ring substituents is 2. The molecule has 0 aliphatic heterocycles. The summed E-state index contributed by atoms with van der Waals surface area (Å²) in [5, 5.41) is 26.1. The van der Waals surface area contributed by atoms with E-state index in [9.17, 15) is 20.2 Å². The smallest absolute Gasteiger partial charge is 0.271 e. The predicted molar refractivity (Wildman–Crippen MR) is 106 cm³/mol. The lowest BCUT2D eigenvalue weighted by atomic mass is 9.68. The quantitative estimate of drug-likeness (QED) is 0.318. The first-order valence-electron chi connectivity index (χ1n) is 8.70. The molecule has 0 aromatic heterocycles. The van der Waals surface area contributed by atoms with E-state index in [1.54, 1.807) is 6.92 Å². The van der Waals surface area contributed by atoms with Gasteiger partial charge < -0.3 is 0 Å². The molecular weight excluding hydrogens is 348 g/mol. The molecule has 0 amide bonds. The fraction of sp³-hybridized carbons (Fsp3) is 0.421. The van der Waals surface area contributed by atoms with Gasteiger partial charge in [-0.1, -0.05) is 31.6 Å². The first-order valence-corrected chi connectivity index (χ1v) is 8.70. The number of nitrogens with one attached hydrogen (secondary N) is 1. The van der Waals surface area contributed by atoms with Gasteiger partial charge in [0.1, 0.15) is 5.69 Å². The Morgan fingerprint density at radius 3 is 2.59 bits per heavy atom. The summed E-state index contributed by atoms with van der Waals surface area (Å²) in [6, 6.07) is 3.41. The molecule has 0 radical (unpaired) electrons. The third-order valence-electron chi connectivity index (χ3n) is 4.86. The minimum Gasteiger partial charge on any atom is -0.271 e. The summed E-state index contributed by atoms with van der Waals surface area (Å²) in [5.74, 6) is 0.310. The lowest BCUT2D eigenvalue weighted by molar-refractivity contribution is -0.393. The number of hydrogen-bond donors (Lipinski definition) is 1. The Kier molecular flexibility index (Phi) is 6.09. The molecule has 8 nitrogen and oxygen atoms in total. The monoisotopic (exact) mass is 372 g/mol. The van der Waals surface area contributed by atoms with Gasteiger partial charge in [-0.05, 0) is 44.2 Å². The summed E-state index contributed by atoms with van der Waals surface area (Å²) in [5.41, 5.74) is 4.16. The zero-order valence-corrected chi connectivity index (χ0v) is 15.9. The van der Waals surface area contributed by atoms with Crippen molar-refractivity contribution >= 4 is 22.8 Å². The summed E-state index contributed by atoms with van der Waals surface area (Å²) < 4.78 is 0. The summed E-state index contributed by atoms with van der Waals surface area (Å²) in [7, 11) is 0. The number of hydrazone groups is 1. The van der Waals surface area contributed by atoms with E-state index in [1.165, 1.54) is 17.7 Å². The zero-order chi connectivity index (χ0) is 20.2. The van der Waals surface area contributed by atoms with Gasteiger partial charge in [-0.2, -0.15) is 5.10 Å². The molecule has 1 aromatic carbocycles. The second-order valence-electron chi connectivity index (χ2n) is 7.39. The Labute approximate surface area is 158 Å². The average Bonchev–Trinajstić information content (AvgIpc) is 2.58. The molecule has 144 valence electrons. The van der Waals surface area contributed by atoms with E-state index < -0.39 is 15.5 Å². The zero-order valence-electron chi connectivity index (χ0n) is 15.9. The maximum Gasteiger partial charge on any atom is 0.301 e. The Morgan fingerprint density at radius 2 is 2.00 bits per heavy atom. The maximum absolute atomic E-state index is 11.2. The van der Waals surface area contributed by atoms with Crippen LogP contribution in [-0.4, -0.2) is 15.6 Å². The lowest BCUT2D eigenvalue weighted by Crippen LogP contribution is -2.26. The molecule has 1 aliphatic rings. The van der Waals surface area contributed by atoms with E-state index >= 15 is 0 Å². The van der Waals surface area contributed by atoms with Crippen LogP contribution in [0.1, 0.15) is 40.5 Å². The van der Waals surface area contributed by atoms with Crippen molar-refractivity contribution < 1.29 is 9.85 Å². The molecule has 0 saturated carbocycles. The van der Waals surface area contributed by atoms with Crippen molar-refractivity contribution in [3.8, 4) is 0 Å². The Bertz CT molecular complexity index is 840. The van der Waals surface area contributed by atoms with Gasteiger partial charge >= 0.3 is 5.69 Å². The number of anilines is 1. The van der Waals surface area contributed by atoms with Gasteiger partial charge in [0.25, 0.3) is 5.69 Å². The van der Waals surface area contributed by atoms with Gasteiger partial charge in [-0.3, -0.25) is 25.7 Å². The van der Waals surface area contributed by atoms with E-state index in [0.29, 0.717) is 11.6 Å². The molecule has 0 heterocycles. The van der Waals surface area contributed by atoms with Gasteiger partial charge in [-0.15, -0.1) is 0 Å². The van der Waals surface area contributed by atoms with Crippen LogP contribution in [0.5, 0.6) is 0 Å². The van der Waals surface area contributed by atoms with Crippen LogP contribution in [0.2, 0.25) is 0 Å². The van der Waals surface area contributed by atoms with Crippen LogP contribution in [-0.2, 0) is 0 Å². The highest BCUT2D eigenvalue weighted by molar-refractivity contribution is 5.93. The third kappa shape index (κ3) is 4.99. The average molecular weight is 372 g/mol. The van der Waals surface area contributed by atoms with Gasteiger partial charge in [0.2, 0.25) is 0 Å². The van der Waals surface area contributed by atoms with Crippen LogP contribution >= 0.6 is 0 Å². The molecular formula is C19H24N4O4. The largest absolute Gasteiger partial charge is 0.301 e. The van der Waals surface area contributed by atoms with Crippen molar-refractivity contribution in [3.63, 3.8) is 0 Å². The van der Waals surface area contributed by atoms with Crippen molar-refractivity contribution in [1.82, 2.24) is 0 Å². The van der Waals surface area contributed by atoms with Gasteiger partial charge in [0, 0.05) is 12.0 Å². The summed E-state index contributed by atoms with van der Waals surface area (Å²) in [6.07, 6.45) is 8.45.